The Bertz CT molecular complexity index is 532. The van der Waals surface area contributed by atoms with Crippen LogP contribution in [0.15, 0.2) is 60.7 Å². The van der Waals surface area contributed by atoms with Crippen LogP contribution in [-0.2, 0) is 4.79 Å². The monoisotopic (exact) mass is 269 g/mol. The number of nitriles is 1. The topological polar surface area (TPSA) is 70.3 Å². The molecule has 4 heteroatoms. The molecule has 0 bridgehead atoms. The van der Waals surface area contributed by atoms with Gasteiger partial charge in [-0.2, -0.15) is 5.26 Å². The number of ether oxygens (including phenoxy) is 1. The highest BCUT2D eigenvalue weighted by atomic mass is 16.5. The summed E-state index contributed by atoms with van der Waals surface area (Å²) in [6, 6.07) is 19.8. The number of aliphatic hydroxyl groups is 1. The van der Waals surface area contributed by atoms with Gasteiger partial charge in [0, 0.05) is 6.92 Å². The second kappa shape index (κ2) is 8.46. The number of aliphatic hydroxyl groups excluding tert-OH is 1. The molecule has 0 saturated heterocycles. The van der Waals surface area contributed by atoms with Crippen LogP contribution < -0.4 is 4.74 Å². The Morgan fingerprint density at radius 1 is 1.10 bits per heavy atom. The van der Waals surface area contributed by atoms with Gasteiger partial charge in [-0.25, -0.2) is 0 Å². The lowest BCUT2D eigenvalue weighted by atomic mass is 10.1. The summed E-state index contributed by atoms with van der Waals surface area (Å²) in [6.45, 7) is 1.30. The van der Waals surface area contributed by atoms with Crippen molar-refractivity contribution < 1.29 is 14.6 Å². The smallest absolute Gasteiger partial charge is 0.308 e. The highest BCUT2D eigenvalue weighted by Gasteiger charge is 2.05. The van der Waals surface area contributed by atoms with Gasteiger partial charge in [0.15, 0.2) is 6.10 Å². The maximum atomic E-state index is 10.6. The zero-order valence-corrected chi connectivity index (χ0v) is 11.1. The summed E-state index contributed by atoms with van der Waals surface area (Å²) >= 11 is 0. The Kier molecular flexibility index (Phi) is 6.52. The van der Waals surface area contributed by atoms with Gasteiger partial charge >= 0.3 is 5.97 Å². The molecule has 1 atom stereocenters. The molecule has 0 aliphatic heterocycles. The Labute approximate surface area is 117 Å². The van der Waals surface area contributed by atoms with Crippen molar-refractivity contribution in [2.75, 3.05) is 0 Å². The van der Waals surface area contributed by atoms with Crippen LogP contribution in [0.2, 0.25) is 0 Å². The molecule has 0 aromatic heterocycles. The quantitative estimate of drug-likeness (QED) is 0.517. The van der Waals surface area contributed by atoms with E-state index in [-0.39, 0.29) is 0 Å². The van der Waals surface area contributed by atoms with Gasteiger partial charge in [-0.3, -0.25) is 4.79 Å². The number of benzene rings is 2. The molecular weight excluding hydrogens is 254 g/mol. The number of esters is 1. The van der Waals surface area contributed by atoms with Gasteiger partial charge < -0.3 is 9.84 Å². The number of carbonyl (C=O) groups excluding carboxylic acids is 1. The number of carbonyl (C=O) groups is 1. The van der Waals surface area contributed by atoms with E-state index in [2.05, 4.69) is 0 Å². The van der Waals surface area contributed by atoms with Crippen LogP contribution in [0, 0.1) is 11.3 Å². The molecule has 1 unspecified atom stereocenters. The Balaban J connectivity index is 0.000000276. The summed E-state index contributed by atoms with van der Waals surface area (Å²) in [5, 5.41) is 17.6. The molecule has 0 aliphatic carbocycles. The fourth-order valence-electron chi connectivity index (χ4n) is 1.34. The minimum atomic E-state index is -1.14. The standard InChI is InChI=1S/C10H9NO3.C6H6/c1-7(12)14-9-4-2-8(3-5-9)10(13)6-11;1-2-4-6-5-3-1/h2-5,10,13H,1H3;1-6H. The van der Waals surface area contributed by atoms with Gasteiger partial charge in [-0.05, 0) is 17.7 Å². The second-order valence-electron chi connectivity index (χ2n) is 3.85. The summed E-state index contributed by atoms with van der Waals surface area (Å²) in [4.78, 5) is 10.6. The van der Waals surface area contributed by atoms with Crippen LogP contribution in [0.4, 0.5) is 0 Å². The third-order valence-electron chi connectivity index (χ3n) is 2.25. The zero-order chi connectivity index (χ0) is 14.8. The fraction of sp³-hybridized carbons (Fsp3) is 0.125. The molecule has 0 heterocycles. The van der Waals surface area contributed by atoms with Crippen molar-refractivity contribution in [3.8, 4) is 11.8 Å². The minimum Gasteiger partial charge on any atom is -0.427 e. The van der Waals surface area contributed by atoms with Gasteiger partial charge in [-0.1, -0.05) is 48.5 Å². The van der Waals surface area contributed by atoms with Crippen molar-refractivity contribution in [2.24, 2.45) is 0 Å². The molecule has 2 aromatic rings. The van der Waals surface area contributed by atoms with Crippen molar-refractivity contribution in [2.45, 2.75) is 13.0 Å². The van der Waals surface area contributed by atoms with E-state index in [9.17, 15) is 4.79 Å². The largest absolute Gasteiger partial charge is 0.427 e. The summed E-state index contributed by atoms with van der Waals surface area (Å²) in [6.07, 6.45) is -1.14. The molecule has 2 rings (SSSR count). The predicted octanol–water partition coefficient (Wildman–Crippen LogP) is 2.86. The number of hydrogen-bond acceptors (Lipinski definition) is 4. The lowest BCUT2D eigenvalue weighted by molar-refractivity contribution is -0.131. The first kappa shape index (κ1) is 15.4. The van der Waals surface area contributed by atoms with Gasteiger partial charge in [0.05, 0.1) is 6.07 Å². The van der Waals surface area contributed by atoms with E-state index in [0.717, 1.165) is 0 Å². The summed E-state index contributed by atoms with van der Waals surface area (Å²) < 4.78 is 4.78. The van der Waals surface area contributed by atoms with Crippen LogP contribution >= 0.6 is 0 Å². The van der Waals surface area contributed by atoms with Crippen LogP contribution in [0.1, 0.15) is 18.6 Å². The van der Waals surface area contributed by atoms with E-state index in [1.807, 2.05) is 36.4 Å². The molecule has 0 saturated carbocycles. The van der Waals surface area contributed by atoms with E-state index in [4.69, 9.17) is 15.1 Å². The first-order valence-electron chi connectivity index (χ1n) is 5.99. The van der Waals surface area contributed by atoms with E-state index in [1.54, 1.807) is 6.07 Å². The zero-order valence-electron chi connectivity index (χ0n) is 11.1. The first-order chi connectivity index (χ1) is 9.63. The summed E-state index contributed by atoms with van der Waals surface area (Å²) in [5.74, 6) is -0.00929. The first-order valence-corrected chi connectivity index (χ1v) is 5.99. The molecule has 20 heavy (non-hydrogen) atoms. The third kappa shape index (κ3) is 5.80. The molecule has 102 valence electrons. The van der Waals surface area contributed by atoms with Crippen molar-refractivity contribution in [3.05, 3.63) is 66.2 Å². The second-order valence-corrected chi connectivity index (χ2v) is 3.85. The average Bonchev–Trinajstić information content (AvgIpc) is 2.49. The highest BCUT2D eigenvalue weighted by molar-refractivity contribution is 5.69. The summed E-state index contributed by atoms with van der Waals surface area (Å²) in [5.41, 5.74) is 0.475. The highest BCUT2D eigenvalue weighted by Crippen LogP contribution is 2.17. The lowest BCUT2D eigenvalue weighted by Gasteiger charge is -2.03. The van der Waals surface area contributed by atoms with Crippen molar-refractivity contribution in [1.29, 1.82) is 5.26 Å². The molecule has 4 nitrogen and oxygen atoms in total. The Morgan fingerprint density at radius 2 is 1.55 bits per heavy atom. The van der Waals surface area contributed by atoms with E-state index in [1.165, 1.54) is 31.2 Å². The Hall–Kier alpha value is -2.64. The van der Waals surface area contributed by atoms with Crippen LogP contribution in [-0.4, -0.2) is 11.1 Å². The van der Waals surface area contributed by atoms with E-state index < -0.39 is 12.1 Å². The fourth-order valence-corrected chi connectivity index (χ4v) is 1.34. The SMILES string of the molecule is CC(=O)Oc1ccc(C(O)C#N)cc1.c1ccccc1. The number of nitrogens with zero attached hydrogens (tertiary/aromatic N) is 1. The van der Waals surface area contributed by atoms with Gasteiger partial charge in [-0.15, -0.1) is 0 Å². The molecule has 0 spiro atoms. The summed E-state index contributed by atoms with van der Waals surface area (Å²) in [7, 11) is 0. The van der Waals surface area contributed by atoms with Crippen LogP contribution in [0.5, 0.6) is 5.75 Å². The molecule has 0 amide bonds. The maximum absolute atomic E-state index is 10.6. The molecule has 1 N–H and O–H groups in total. The average molecular weight is 269 g/mol. The number of rotatable bonds is 2. The lowest BCUT2D eigenvalue weighted by Crippen LogP contribution is -2.01. The van der Waals surface area contributed by atoms with Gasteiger partial charge in [0.25, 0.3) is 0 Å². The van der Waals surface area contributed by atoms with E-state index >= 15 is 0 Å². The normalized spacial score (nSPS) is 10.4. The molecular formula is C16H15NO3. The predicted molar refractivity (Wildman–Crippen MR) is 74.8 cm³/mol. The van der Waals surface area contributed by atoms with Crippen LogP contribution in [0.3, 0.4) is 0 Å². The van der Waals surface area contributed by atoms with Crippen molar-refractivity contribution in [1.82, 2.24) is 0 Å². The minimum absolute atomic E-state index is 0.395. The molecule has 0 fully saturated rings. The Morgan fingerprint density at radius 3 is 1.90 bits per heavy atom. The molecule has 0 aliphatic rings. The van der Waals surface area contributed by atoms with E-state index in [0.29, 0.717) is 11.3 Å². The third-order valence-corrected chi connectivity index (χ3v) is 2.25. The van der Waals surface area contributed by atoms with Gasteiger partial charge in [0.1, 0.15) is 5.75 Å². The van der Waals surface area contributed by atoms with Crippen molar-refractivity contribution in [3.63, 3.8) is 0 Å². The molecule has 0 radical (unpaired) electrons. The number of hydrogen-bond donors (Lipinski definition) is 1. The maximum Gasteiger partial charge on any atom is 0.308 e. The van der Waals surface area contributed by atoms with Gasteiger partial charge in [0.2, 0.25) is 0 Å². The van der Waals surface area contributed by atoms with Crippen LogP contribution in [0.25, 0.3) is 0 Å². The van der Waals surface area contributed by atoms with Crippen molar-refractivity contribution >= 4 is 5.97 Å². The molecule has 2 aromatic carbocycles.